The Hall–Kier alpha value is -1.62. The molecule has 5 nitrogen and oxygen atoms in total. The van der Waals surface area contributed by atoms with Gasteiger partial charge in [-0.25, -0.2) is 4.98 Å². The molecule has 0 saturated carbocycles. The highest BCUT2D eigenvalue weighted by atomic mass is 15.2. The van der Waals surface area contributed by atoms with Gasteiger partial charge in [0, 0.05) is 32.5 Å². The maximum Gasteiger partial charge on any atom is 0.0946 e. The van der Waals surface area contributed by atoms with Crippen molar-refractivity contribution in [2.24, 2.45) is 14.1 Å². The van der Waals surface area contributed by atoms with Crippen LogP contribution in [0.5, 0.6) is 0 Å². The van der Waals surface area contributed by atoms with Crippen molar-refractivity contribution in [3.05, 3.63) is 36.2 Å². The SMILES string of the molecule is CNC(CCc1cnn(C)c1)c1cncn1C. The molecular weight excluding hydrogens is 214 g/mol. The van der Waals surface area contributed by atoms with Crippen LogP contribution in [0.15, 0.2) is 24.9 Å². The number of nitrogens with zero attached hydrogens (tertiary/aromatic N) is 4. The van der Waals surface area contributed by atoms with Crippen LogP contribution in [-0.2, 0) is 20.5 Å². The summed E-state index contributed by atoms with van der Waals surface area (Å²) in [6, 6.07) is 0.336. The largest absolute Gasteiger partial charge is 0.336 e. The molecule has 17 heavy (non-hydrogen) atoms. The molecule has 0 saturated heterocycles. The third-order valence-corrected chi connectivity index (χ3v) is 3.04. The summed E-state index contributed by atoms with van der Waals surface area (Å²) in [7, 11) is 5.96. The summed E-state index contributed by atoms with van der Waals surface area (Å²) >= 11 is 0. The minimum atomic E-state index is 0.336. The Kier molecular flexibility index (Phi) is 3.58. The summed E-state index contributed by atoms with van der Waals surface area (Å²) in [4.78, 5) is 4.16. The molecule has 0 bridgehead atoms. The van der Waals surface area contributed by atoms with E-state index in [2.05, 4.69) is 26.2 Å². The second kappa shape index (κ2) is 5.14. The quantitative estimate of drug-likeness (QED) is 0.839. The van der Waals surface area contributed by atoms with E-state index in [-0.39, 0.29) is 0 Å². The third-order valence-electron chi connectivity index (χ3n) is 3.04. The molecule has 1 N–H and O–H groups in total. The van der Waals surface area contributed by atoms with Crippen LogP contribution in [0.1, 0.15) is 23.7 Å². The predicted molar refractivity (Wildman–Crippen MR) is 66.5 cm³/mol. The molecule has 2 rings (SSSR count). The van der Waals surface area contributed by atoms with E-state index in [9.17, 15) is 0 Å². The van der Waals surface area contributed by atoms with E-state index in [1.165, 1.54) is 11.3 Å². The molecule has 5 heteroatoms. The number of aryl methyl sites for hydroxylation is 3. The molecule has 0 aromatic carbocycles. The van der Waals surface area contributed by atoms with Gasteiger partial charge in [0.15, 0.2) is 0 Å². The Bertz CT molecular complexity index is 471. The molecule has 0 fully saturated rings. The molecule has 1 atom stereocenters. The number of hydrogen-bond acceptors (Lipinski definition) is 3. The fraction of sp³-hybridized carbons (Fsp3) is 0.500. The van der Waals surface area contributed by atoms with Gasteiger partial charge in [0.05, 0.1) is 18.2 Å². The van der Waals surface area contributed by atoms with Crippen molar-refractivity contribution >= 4 is 0 Å². The average molecular weight is 233 g/mol. The van der Waals surface area contributed by atoms with Crippen LogP contribution in [0.25, 0.3) is 0 Å². The van der Waals surface area contributed by atoms with Crippen LogP contribution < -0.4 is 5.32 Å². The standard InChI is InChI=1S/C12H19N5/c1-13-11(12-7-14-9-16(12)2)5-4-10-6-15-17(3)8-10/h6-9,11,13H,4-5H2,1-3H3. The number of hydrogen-bond donors (Lipinski definition) is 1. The predicted octanol–water partition coefficient (Wildman–Crippen LogP) is 1.05. The zero-order valence-corrected chi connectivity index (χ0v) is 10.6. The number of nitrogens with one attached hydrogen (secondary N) is 1. The van der Waals surface area contributed by atoms with Gasteiger partial charge >= 0.3 is 0 Å². The van der Waals surface area contributed by atoms with Crippen LogP contribution in [0, 0.1) is 0 Å². The van der Waals surface area contributed by atoms with Crippen molar-refractivity contribution in [3.8, 4) is 0 Å². The zero-order chi connectivity index (χ0) is 12.3. The van der Waals surface area contributed by atoms with Crippen molar-refractivity contribution in [1.82, 2.24) is 24.6 Å². The Labute approximate surface area is 101 Å². The molecule has 0 spiro atoms. The zero-order valence-electron chi connectivity index (χ0n) is 10.6. The molecule has 1 unspecified atom stereocenters. The summed E-state index contributed by atoms with van der Waals surface area (Å²) in [5.74, 6) is 0. The summed E-state index contributed by atoms with van der Waals surface area (Å²) in [5, 5.41) is 7.51. The first-order valence-electron chi connectivity index (χ1n) is 5.81. The van der Waals surface area contributed by atoms with Gasteiger partial charge in [-0.1, -0.05) is 0 Å². The summed E-state index contributed by atoms with van der Waals surface area (Å²) < 4.78 is 3.90. The van der Waals surface area contributed by atoms with Crippen LogP contribution in [0.4, 0.5) is 0 Å². The molecule has 2 heterocycles. The van der Waals surface area contributed by atoms with Gasteiger partial charge in [-0.05, 0) is 25.5 Å². The van der Waals surface area contributed by atoms with Crippen LogP contribution in [0.3, 0.4) is 0 Å². The van der Waals surface area contributed by atoms with E-state index in [1.807, 2.05) is 44.5 Å². The molecule has 0 radical (unpaired) electrons. The lowest BCUT2D eigenvalue weighted by atomic mass is 10.1. The number of aromatic nitrogens is 4. The van der Waals surface area contributed by atoms with Crippen molar-refractivity contribution in [3.63, 3.8) is 0 Å². The molecule has 0 amide bonds. The smallest absolute Gasteiger partial charge is 0.0946 e. The van der Waals surface area contributed by atoms with E-state index in [4.69, 9.17) is 0 Å². The molecular formula is C12H19N5. The van der Waals surface area contributed by atoms with Crippen molar-refractivity contribution in [1.29, 1.82) is 0 Å². The van der Waals surface area contributed by atoms with Crippen molar-refractivity contribution in [2.45, 2.75) is 18.9 Å². The van der Waals surface area contributed by atoms with Gasteiger partial charge in [0.25, 0.3) is 0 Å². The third kappa shape index (κ3) is 2.74. The number of rotatable bonds is 5. The molecule has 2 aromatic rings. The lowest BCUT2D eigenvalue weighted by Gasteiger charge is -2.16. The second-order valence-corrected chi connectivity index (χ2v) is 4.33. The van der Waals surface area contributed by atoms with Crippen LogP contribution in [0.2, 0.25) is 0 Å². The molecule has 0 aliphatic carbocycles. The Morgan fingerprint density at radius 2 is 2.18 bits per heavy atom. The lowest BCUT2D eigenvalue weighted by molar-refractivity contribution is 0.519. The molecule has 0 aliphatic heterocycles. The first-order chi connectivity index (χ1) is 8.20. The van der Waals surface area contributed by atoms with Crippen LogP contribution in [-0.4, -0.2) is 26.4 Å². The normalized spacial score (nSPS) is 12.9. The Balaban J connectivity index is 1.99. The van der Waals surface area contributed by atoms with Crippen molar-refractivity contribution in [2.75, 3.05) is 7.05 Å². The van der Waals surface area contributed by atoms with E-state index in [1.54, 1.807) is 0 Å². The monoisotopic (exact) mass is 233 g/mol. The Morgan fingerprint density at radius 1 is 1.35 bits per heavy atom. The van der Waals surface area contributed by atoms with Gasteiger partial charge in [-0.15, -0.1) is 0 Å². The van der Waals surface area contributed by atoms with Gasteiger partial charge in [-0.3, -0.25) is 4.68 Å². The maximum absolute atomic E-state index is 4.18. The van der Waals surface area contributed by atoms with Gasteiger partial charge < -0.3 is 9.88 Å². The van der Waals surface area contributed by atoms with E-state index < -0.39 is 0 Å². The van der Waals surface area contributed by atoms with Gasteiger partial charge in [-0.2, -0.15) is 5.10 Å². The molecule has 92 valence electrons. The van der Waals surface area contributed by atoms with Crippen molar-refractivity contribution < 1.29 is 0 Å². The van der Waals surface area contributed by atoms with E-state index in [0.29, 0.717) is 6.04 Å². The Morgan fingerprint density at radius 3 is 2.71 bits per heavy atom. The summed E-state index contributed by atoms with van der Waals surface area (Å²) in [5.41, 5.74) is 2.49. The minimum absolute atomic E-state index is 0.336. The number of imidazole rings is 1. The highest BCUT2D eigenvalue weighted by Gasteiger charge is 2.12. The maximum atomic E-state index is 4.18. The first kappa shape index (κ1) is 11.9. The topological polar surface area (TPSA) is 47.7 Å². The highest BCUT2D eigenvalue weighted by Crippen LogP contribution is 2.17. The molecule has 0 aliphatic rings. The van der Waals surface area contributed by atoms with Gasteiger partial charge in [0.1, 0.15) is 0 Å². The summed E-state index contributed by atoms with van der Waals surface area (Å²) in [6.07, 6.45) is 9.81. The van der Waals surface area contributed by atoms with Crippen LogP contribution >= 0.6 is 0 Å². The minimum Gasteiger partial charge on any atom is -0.336 e. The van der Waals surface area contributed by atoms with E-state index in [0.717, 1.165) is 12.8 Å². The fourth-order valence-electron chi connectivity index (χ4n) is 2.06. The van der Waals surface area contributed by atoms with Gasteiger partial charge in [0.2, 0.25) is 0 Å². The fourth-order valence-corrected chi connectivity index (χ4v) is 2.06. The average Bonchev–Trinajstić information content (AvgIpc) is 2.90. The summed E-state index contributed by atoms with van der Waals surface area (Å²) in [6.45, 7) is 0. The molecule has 2 aromatic heterocycles. The van der Waals surface area contributed by atoms with E-state index >= 15 is 0 Å². The second-order valence-electron chi connectivity index (χ2n) is 4.33. The highest BCUT2D eigenvalue weighted by molar-refractivity contribution is 5.08. The first-order valence-corrected chi connectivity index (χ1v) is 5.81. The lowest BCUT2D eigenvalue weighted by Crippen LogP contribution is -2.19.